The summed E-state index contributed by atoms with van der Waals surface area (Å²) in [4.78, 5) is 16.2. The number of anilines is 1. The molecule has 1 amide bonds. The zero-order valence-electron chi connectivity index (χ0n) is 10.7. The molecule has 0 unspecified atom stereocenters. The van der Waals surface area contributed by atoms with Crippen LogP contribution in [0.15, 0.2) is 46.0 Å². The predicted molar refractivity (Wildman–Crippen MR) is 87.5 cm³/mol. The second kappa shape index (κ2) is 7.11. The highest BCUT2D eigenvalue weighted by Gasteiger charge is 2.08. The third kappa shape index (κ3) is 4.23. The van der Waals surface area contributed by atoms with E-state index in [0.717, 1.165) is 15.1 Å². The van der Waals surface area contributed by atoms with Crippen molar-refractivity contribution in [3.05, 3.63) is 51.6 Å². The SMILES string of the molecule is Cc1cc(Br)cnc1SCC(=O)Nc1ccccc1Cl. The Hall–Kier alpha value is -1.04. The lowest BCUT2D eigenvalue weighted by Gasteiger charge is -2.07. The lowest BCUT2D eigenvalue weighted by Crippen LogP contribution is -2.14. The lowest BCUT2D eigenvalue weighted by atomic mass is 10.3. The third-order valence-electron chi connectivity index (χ3n) is 2.48. The van der Waals surface area contributed by atoms with Gasteiger partial charge in [0.2, 0.25) is 5.91 Å². The average Bonchev–Trinajstić information content (AvgIpc) is 2.40. The number of aryl methyl sites for hydroxylation is 1. The van der Waals surface area contributed by atoms with Crippen LogP contribution in [0.5, 0.6) is 0 Å². The molecule has 0 fully saturated rings. The molecule has 3 nitrogen and oxygen atoms in total. The summed E-state index contributed by atoms with van der Waals surface area (Å²) < 4.78 is 0.930. The number of halogens is 2. The first-order valence-corrected chi connectivity index (χ1v) is 8.01. The van der Waals surface area contributed by atoms with Crippen LogP contribution in [0.2, 0.25) is 5.02 Å². The molecule has 1 N–H and O–H groups in total. The average molecular weight is 372 g/mol. The van der Waals surface area contributed by atoms with E-state index in [-0.39, 0.29) is 5.91 Å². The first-order chi connectivity index (χ1) is 9.56. The van der Waals surface area contributed by atoms with Gasteiger partial charge < -0.3 is 5.32 Å². The smallest absolute Gasteiger partial charge is 0.234 e. The van der Waals surface area contributed by atoms with Crippen molar-refractivity contribution in [3.63, 3.8) is 0 Å². The van der Waals surface area contributed by atoms with Crippen molar-refractivity contribution in [1.82, 2.24) is 4.98 Å². The van der Waals surface area contributed by atoms with Gasteiger partial charge in [0, 0.05) is 10.7 Å². The second-order valence-corrected chi connectivity index (χ2v) is 6.38. The Morgan fingerprint density at radius 1 is 1.45 bits per heavy atom. The molecule has 1 aromatic heterocycles. The third-order valence-corrected chi connectivity index (χ3v) is 4.36. The summed E-state index contributed by atoms with van der Waals surface area (Å²) in [7, 11) is 0. The molecule has 104 valence electrons. The van der Waals surface area contributed by atoms with Crippen molar-refractivity contribution in [2.24, 2.45) is 0 Å². The van der Waals surface area contributed by atoms with E-state index in [2.05, 4.69) is 26.2 Å². The number of carbonyl (C=O) groups excluding carboxylic acids is 1. The zero-order chi connectivity index (χ0) is 14.5. The van der Waals surface area contributed by atoms with Crippen molar-refractivity contribution >= 4 is 50.9 Å². The van der Waals surface area contributed by atoms with Crippen molar-refractivity contribution in [2.75, 3.05) is 11.1 Å². The molecule has 0 radical (unpaired) electrons. The molecular formula is C14H12BrClN2OS. The molecule has 0 saturated heterocycles. The number of aromatic nitrogens is 1. The number of pyridine rings is 1. The van der Waals surface area contributed by atoms with Gasteiger partial charge in [0.15, 0.2) is 0 Å². The van der Waals surface area contributed by atoms with Gasteiger partial charge in [0.05, 0.1) is 21.5 Å². The summed E-state index contributed by atoms with van der Waals surface area (Å²) in [6.07, 6.45) is 1.72. The van der Waals surface area contributed by atoms with Gasteiger partial charge in [-0.25, -0.2) is 4.98 Å². The Morgan fingerprint density at radius 2 is 2.20 bits per heavy atom. The Kier molecular flexibility index (Phi) is 5.46. The van der Waals surface area contributed by atoms with E-state index < -0.39 is 0 Å². The molecule has 0 atom stereocenters. The summed E-state index contributed by atoms with van der Waals surface area (Å²) in [6, 6.07) is 9.14. The molecule has 0 saturated carbocycles. The predicted octanol–water partition coefficient (Wildman–Crippen LogP) is 4.54. The van der Waals surface area contributed by atoms with Gasteiger partial charge in [0.25, 0.3) is 0 Å². The topological polar surface area (TPSA) is 42.0 Å². The van der Waals surface area contributed by atoms with Crippen molar-refractivity contribution < 1.29 is 4.79 Å². The summed E-state index contributed by atoms with van der Waals surface area (Å²) in [5.41, 5.74) is 1.66. The minimum absolute atomic E-state index is 0.104. The van der Waals surface area contributed by atoms with Crippen LogP contribution in [-0.4, -0.2) is 16.6 Å². The standard InChI is InChI=1S/C14H12BrClN2OS/c1-9-6-10(15)7-17-14(9)20-8-13(19)18-12-5-3-2-4-11(12)16/h2-7H,8H2,1H3,(H,18,19). The van der Waals surface area contributed by atoms with E-state index in [9.17, 15) is 4.79 Å². The Balaban J connectivity index is 1.94. The highest BCUT2D eigenvalue weighted by molar-refractivity contribution is 9.10. The summed E-state index contributed by atoms with van der Waals surface area (Å²) in [6.45, 7) is 1.96. The Morgan fingerprint density at radius 3 is 2.90 bits per heavy atom. The van der Waals surface area contributed by atoms with Gasteiger partial charge >= 0.3 is 0 Å². The number of nitrogens with zero attached hydrogens (tertiary/aromatic N) is 1. The van der Waals surface area contributed by atoms with E-state index >= 15 is 0 Å². The zero-order valence-corrected chi connectivity index (χ0v) is 13.8. The van der Waals surface area contributed by atoms with Crippen LogP contribution in [0.1, 0.15) is 5.56 Å². The van der Waals surface area contributed by atoms with Crippen LogP contribution in [-0.2, 0) is 4.79 Å². The van der Waals surface area contributed by atoms with Gasteiger partial charge in [-0.1, -0.05) is 35.5 Å². The van der Waals surface area contributed by atoms with E-state index in [0.29, 0.717) is 16.5 Å². The lowest BCUT2D eigenvalue weighted by molar-refractivity contribution is -0.113. The molecule has 0 aliphatic rings. The van der Waals surface area contributed by atoms with Gasteiger partial charge in [-0.3, -0.25) is 4.79 Å². The van der Waals surface area contributed by atoms with Gasteiger partial charge in [-0.15, -0.1) is 0 Å². The molecule has 0 aliphatic heterocycles. The fraction of sp³-hybridized carbons (Fsp3) is 0.143. The van der Waals surface area contributed by atoms with Crippen LogP contribution in [0, 0.1) is 6.92 Å². The van der Waals surface area contributed by atoms with Gasteiger partial charge in [-0.2, -0.15) is 0 Å². The van der Waals surface area contributed by atoms with E-state index in [4.69, 9.17) is 11.6 Å². The van der Waals surface area contributed by atoms with Crippen LogP contribution in [0.3, 0.4) is 0 Å². The maximum absolute atomic E-state index is 11.9. The van der Waals surface area contributed by atoms with E-state index in [1.54, 1.807) is 18.3 Å². The van der Waals surface area contributed by atoms with E-state index in [1.165, 1.54) is 11.8 Å². The molecular weight excluding hydrogens is 360 g/mol. The number of hydrogen-bond acceptors (Lipinski definition) is 3. The highest BCUT2D eigenvalue weighted by atomic mass is 79.9. The van der Waals surface area contributed by atoms with Crippen molar-refractivity contribution in [1.29, 1.82) is 0 Å². The monoisotopic (exact) mass is 370 g/mol. The maximum atomic E-state index is 11.9. The summed E-state index contributed by atoms with van der Waals surface area (Å²) in [5.74, 6) is 0.188. The Bertz CT molecular complexity index is 636. The summed E-state index contributed by atoms with van der Waals surface area (Å²) >= 11 is 10.8. The molecule has 1 heterocycles. The van der Waals surface area contributed by atoms with Crippen LogP contribution in [0.4, 0.5) is 5.69 Å². The molecule has 0 bridgehead atoms. The highest BCUT2D eigenvalue weighted by Crippen LogP contribution is 2.24. The van der Waals surface area contributed by atoms with Gasteiger partial charge in [-0.05, 0) is 46.6 Å². The maximum Gasteiger partial charge on any atom is 0.234 e. The number of amides is 1. The Labute approximate surface area is 135 Å². The largest absolute Gasteiger partial charge is 0.324 e. The van der Waals surface area contributed by atoms with Gasteiger partial charge in [0.1, 0.15) is 0 Å². The first kappa shape index (κ1) is 15.4. The van der Waals surface area contributed by atoms with Crippen LogP contribution < -0.4 is 5.32 Å². The number of benzene rings is 1. The van der Waals surface area contributed by atoms with Crippen molar-refractivity contribution in [2.45, 2.75) is 11.9 Å². The van der Waals surface area contributed by atoms with Crippen LogP contribution in [0.25, 0.3) is 0 Å². The number of hydrogen-bond donors (Lipinski definition) is 1. The quantitative estimate of drug-likeness (QED) is 0.802. The van der Waals surface area contributed by atoms with Crippen LogP contribution >= 0.6 is 39.3 Å². The number of rotatable bonds is 4. The number of carbonyl (C=O) groups is 1. The minimum Gasteiger partial charge on any atom is -0.324 e. The molecule has 6 heteroatoms. The second-order valence-electron chi connectivity index (χ2n) is 4.09. The fourth-order valence-electron chi connectivity index (χ4n) is 1.56. The molecule has 1 aromatic carbocycles. The minimum atomic E-state index is -0.104. The molecule has 2 aromatic rings. The molecule has 0 spiro atoms. The number of nitrogens with one attached hydrogen (secondary N) is 1. The van der Waals surface area contributed by atoms with Crippen molar-refractivity contribution in [3.8, 4) is 0 Å². The van der Waals surface area contributed by atoms with E-state index in [1.807, 2.05) is 25.1 Å². The number of para-hydroxylation sites is 1. The molecule has 20 heavy (non-hydrogen) atoms. The molecule has 0 aliphatic carbocycles. The number of thioether (sulfide) groups is 1. The fourth-order valence-corrected chi connectivity index (χ4v) is 2.94. The summed E-state index contributed by atoms with van der Waals surface area (Å²) in [5, 5.41) is 4.16. The normalized spacial score (nSPS) is 10.3. The first-order valence-electron chi connectivity index (χ1n) is 5.85. The molecule has 2 rings (SSSR count).